The largest absolute Gasteiger partial charge is 0.480 e. The zero-order valence-electron chi connectivity index (χ0n) is 12.1. The topological polar surface area (TPSA) is 87.7 Å². The first-order chi connectivity index (χ1) is 8.65. The maximum Gasteiger partial charge on any atom is 0.408 e. The highest BCUT2D eigenvalue weighted by Crippen LogP contribution is 2.26. The Bertz CT molecular complexity index is 345. The lowest BCUT2D eigenvalue weighted by molar-refractivity contribution is -0.147. The van der Waals surface area contributed by atoms with Gasteiger partial charge in [0, 0.05) is 0 Å². The van der Waals surface area contributed by atoms with Gasteiger partial charge in [0.15, 0.2) is 0 Å². The van der Waals surface area contributed by atoms with E-state index in [9.17, 15) is 14.7 Å². The Hall–Kier alpha value is -1.30. The minimum Gasteiger partial charge on any atom is -0.480 e. The van der Waals surface area contributed by atoms with Gasteiger partial charge in [-0.2, -0.15) is 0 Å². The highest BCUT2D eigenvalue weighted by atomic mass is 16.6. The molecular weight excluding hydrogens is 248 g/mol. The van der Waals surface area contributed by atoms with Crippen molar-refractivity contribution < 1.29 is 19.4 Å². The summed E-state index contributed by atoms with van der Waals surface area (Å²) < 4.78 is 5.15. The molecule has 1 rings (SSSR count). The van der Waals surface area contributed by atoms with E-state index in [0.717, 1.165) is 25.9 Å². The van der Waals surface area contributed by atoms with Crippen LogP contribution in [0, 0.1) is 5.92 Å². The highest BCUT2D eigenvalue weighted by molar-refractivity contribution is 5.84. The molecule has 0 aromatic rings. The van der Waals surface area contributed by atoms with Crippen LogP contribution in [0.5, 0.6) is 0 Å². The summed E-state index contributed by atoms with van der Waals surface area (Å²) in [5, 5.41) is 15.2. The second-order valence-corrected chi connectivity index (χ2v) is 6.16. The van der Waals surface area contributed by atoms with Gasteiger partial charge < -0.3 is 20.5 Å². The normalized spacial score (nSPS) is 20.4. The molecule has 1 aliphatic rings. The molecule has 3 N–H and O–H groups in total. The summed E-state index contributed by atoms with van der Waals surface area (Å²) in [6.07, 6.45) is 0.757. The first kappa shape index (κ1) is 15.8. The van der Waals surface area contributed by atoms with Crippen LogP contribution in [0.1, 0.15) is 40.5 Å². The van der Waals surface area contributed by atoms with Gasteiger partial charge in [-0.25, -0.2) is 9.59 Å². The molecule has 0 bridgehead atoms. The van der Waals surface area contributed by atoms with E-state index < -0.39 is 23.2 Å². The van der Waals surface area contributed by atoms with Crippen LogP contribution < -0.4 is 10.6 Å². The summed E-state index contributed by atoms with van der Waals surface area (Å²) in [6.45, 7) is 8.32. The summed E-state index contributed by atoms with van der Waals surface area (Å²) in [5.74, 6) is -1.12. The van der Waals surface area contributed by atoms with Gasteiger partial charge >= 0.3 is 12.1 Å². The molecule has 1 atom stereocenters. The number of alkyl carbamates (subject to hydrolysis) is 1. The van der Waals surface area contributed by atoms with E-state index in [4.69, 9.17) is 4.74 Å². The number of carboxylic acids is 1. The van der Waals surface area contributed by atoms with E-state index in [1.807, 2.05) is 0 Å². The van der Waals surface area contributed by atoms with Crippen molar-refractivity contribution in [1.29, 1.82) is 0 Å². The van der Waals surface area contributed by atoms with Gasteiger partial charge in [-0.3, -0.25) is 0 Å². The summed E-state index contributed by atoms with van der Waals surface area (Å²) in [4.78, 5) is 23.3. The molecule has 0 aromatic carbocycles. The zero-order valence-corrected chi connectivity index (χ0v) is 12.1. The van der Waals surface area contributed by atoms with Gasteiger partial charge in [-0.15, -0.1) is 0 Å². The van der Waals surface area contributed by atoms with Gasteiger partial charge in [0.05, 0.1) is 0 Å². The molecule has 0 aromatic heterocycles. The molecule has 0 aliphatic carbocycles. The molecule has 1 unspecified atom stereocenters. The van der Waals surface area contributed by atoms with Crippen LogP contribution in [0.2, 0.25) is 0 Å². The number of carboxylic acid groups (broad SMARTS) is 1. The zero-order chi connectivity index (χ0) is 14.7. The maximum atomic E-state index is 11.8. The third-order valence-corrected chi connectivity index (χ3v) is 3.36. The number of hydrogen-bond donors (Lipinski definition) is 3. The van der Waals surface area contributed by atoms with Gasteiger partial charge in [0.25, 0.3) is 0 Å². The monoisotopic (exact) mass is 272 g/mol. The Morgan fingerprint density at radius 1 is 1.21 bits per heavy atom. The third kappa shape index (κ3) is 4.38. The molecule has 6 heteroatoms. The van der Waals surface area contributed by atoms with Crippen molar-refractivity contribution in [1.82, 2.24) is 10.6 Å². The fourth-order valence-electron chi connectivity index (χ4n) is 2.25. The SMILES string of the molecule is CC(C)(C)OC(=O)NC(C)(C(=O)O)C1CCNCC1. The van der Waals surface area contributed by atoms with Gasteiger partial charge in [-0.05, 0) is 59.5 Å². The molecule has 1 saturated heterocycles. The van der Waals surface area contributed by atoms with Crippen LogP contribution in [-0.4, -0.2) is 41.4 Å². The predicted octanol–water partition coefficient (Wildman–Crippen LogP) is 1.35. The summed E-state index contributed by atoms with van der Waals surface area (Å²) in [7, 11) is 0. The first-order valence-corrected chi connectivity index (χ1v) is 6.60. The quantitative estimate of drug-likeness (QED) is 0.722. The molecule has 1 aliphatic heterocycles. The average molecular weight is 272 g/mol. The number of amides is 1. The minimum absolute atomic E-state index is 0.0984. The fourth-order valence-corrected chi connectivity index (χ4v) is 2.25. The van der Waals surface area contributed by atoms with Crippen LogP contribution in [0.3, 0.4) is 0 Å². The number of nitrogens with one attached hydrogen (secondary N) is 2. The van der Waals surface area contributed by atoms with E-state index in [1.165, 1.54) is 0 Å². The van der Waals surface area contributed by atoms with Crippen LogP contribution >= 0.6 is 0 Å². The molecule has 1 amide bonds. The summed E-state index contributed by atoms with van der Waals surface area (Å²) in [5.41, 5.74) is -1.93. The number of aliphatic carboxylic acids is 1. The molecule has 0 spiro atoms. The van der Waals surface area contributed by atoms with Crippen molar-refractivity contribution in [3.05, 3.63) is 0 Å². The van der Waals surface area contributed by atoms with Crippen molar-refractivity contribution in [2.75, 3.05) is 13.1 Å². The van der Waals surface area contributed by atoms with Gasteiger partial charge in [0.1, 0.15) is 11.1 Å². The van der Waals surface area contributed by atoms with E-state index in [0.29, 0.717) is 0 Å². The molecule has 0 radical (unpaired) electrons. The van der Waals surface area contributed by atoms with E-state index in [2.05, 4.69) is 10.6 Å². The molecule has 0 saturated carbocycles. The van der Waals surface area contributed by atoms with Crippen molar-refractivity contribution in [2.45, 2.75) is 51.7 Å². The minimum atomic E-state index is -1.29. The Balaban J connectivity index is 2.76. The van der Waals surface area contributed by atoms with Crippen LogP contribution in [0.15, 0.2) is 0 Å². The molecular formula is C13H24N2O4. The van der Waals surface area contributed by atoms with Crippen molar-refractivity contribution in [2.24, 2.45) is 5.92 Å². The highest BCUT2D eigenvalue weighted by Gasteiger charge is 2.44. The Morgan fingerprint density at radius 2 is 1.74 bits per heavy atom. The number of carbonyl (C=O) groups is 2. The van der Waals surface area contributed by atoms with Crippen LogP contribution in [-0.2, 0) is 9.53 Å². The number of piperidine rings is 1. The number of carbonyl (C=O) groups excluding carboxylic acids is 1. The van der Waals surface area contributed by atoms with Crippen molar-refractivity contribution in [3.8, 4) is 0 Å². The molecule has 1 heterocycles. The number of hydrogen-bond acceptors (Lipinski definition) is 4. The fraction of sp³-hybridized carbons (Fsp3) is 0.846. The lowest BCUT2D eigenvalue weighted by atomic mass is 9.79. The molecule has 19 heavy (non-hydrogen) atoms. The first-order valence-electron chi connectivity index (χ1n) is 6.60. The number of ether oxygens (including phenoxy) is 1. The third-order valence-electron chi connectivity index (χ3n) is 3.36. The lowest BCUT2D eigenvalue weighted by Crippen LogP contribution is -2.59. The van der Waals surface area contributed by atoms with Crippen molar-refractivity contribution >= 4 is 12.1 Å². The van der Waals surface area contributed by atoms with Crippen LogP contribution in [0.25, 0.3) is 0 Å². The van der Waals surface area contributed by atoms with E-state index >= 15 is 0 Å². The standard InChI is InChI=1S/C13H24N2O4/c1-12(2,3)19-11(18)15-13(4,10(16)17)9-5-7-14-8-6-9/h9,14H,5-8H2,1-4H3,(H,15,18)(H,16,17). The average Bonchev–Trinajstić information content (AvgIpc) is 2.27. The van der Waals surface area contributed by atoms with Crippen molar-refractivity contribution in [3.63, 3.8) is 0 Å². The maximum absolute atomic E-state index is 11.8. The summed E-state index contributed by atoms with van der Waals surface area (Å²) in [6, 6.07) is 0. The predicted molar refractivity (Wildman–Crippen MR) is 71.0 cm³/mol. The van der Waals surface area contributed by atoms with Gasteiger partial charge in [-0.1, -0.05) is 0 Å². The Kier molecular flexibility index (Phi) is 4.79. The van der Waals surface area contributed by atoms with Gasteiger partial charge in [0.2, 0.25) is 0 Å². The second-order valence-electron chi connectivity index (χ2n) is 6.16. The second kappa shape index (κ2) is 5.77. The molecule has 110 valence electrons. The summed E-state index contributed by atoms with van der Waals surface area (Å²) >= 11 is 0. The molecule has 6 nitrogen and oxygen atoms in total. The number of rotatable bonds is 3. The van der Waals surface area contributed by atoms with E-state index in [1.54, 1.807) is 27.7 Å². The van der Waals surface area contributed by atoms with E-state index in [-0.39, 0.29) is 5.92 Å². The van der Waals surface area contributed by atoms with Crippen LogP contribution in [0.4, 0.5) is 4.79 Å². The smallest absolute Gasteiger partial charge is 0.408 e. The Labute approximate surface area is 113 Å². The molecule has 1 fully saturated rings. The Morgan fingerprint density at radius 3 is 2.16 bits per heavy atom. The lowest BCUT2D eigenvalue weighted by Gasteiger charge is -2.37.